The highest BCUT2D eigenvalue weighted by atomic mass is 32.1. The monoisotopic (exact) mass is 850 g/mol. The summed E-state index contributed by atoms with van der Waals surface area (Å²) in [6, 6.07) is 70.5. The molecule has 0 saturated carbocycles. The third-order valence-corrected chi connectivity index (χ3v) is 15.3. The molecule has 4 nitrogen and oxygen atoms in total. The topological polar surface area (TPSA) is 43.6 Å². The molecule has 0 amide bonds. The highest BCUT2D eigenvalue weighted by Crippen LogP contribution is 2.45. The summed E-state index contributed by atoms with van der Waals surface area (Å²) in [4.78, 5) is 15.0. The van der Waals surface area contributed by atoms with Crippen LogP contribution in [0.4, 0.5) is 0 Å². The second kappa shape index (κ2) is 13.9. The first kappa shape index (κ1) is 35.8. The summed E-state index contributed by atoms with van der Waals surface area (Å²) in [5.41, 5.74) is 14.0. The molecule has 0 bridgehead atoms. The van der Waals surface area contributed by atoms with Gasteiger partial charge in [-0.15, -0.1) is 22.7 Å². The third kappa shape index (κ3) is 5.56. The lowest BCUT2D eigenvalue weighted by molar-refractivity contribution is 1.07. The van der Waals surface area contributed by atoms with Crippen molar-refractivity contribution in [1.29, 1.82) is 0 Å². The molecule has 0 N–H and O–H groups in total. The molecule has 1 aliphatic rings. The second-order valence-corrected chi connectivity index (χ2v) is 18.9. The zero-order valence-corrected chi connectivity index (χ0v) is 35.9. The number of rotatable bonds is 5. The molecule has 0 aliphatic heterocycles. The Labute approximate surface area is 376 Å². The number of aromatic nitrogens is 4. The van der Waals surface area contributed by atoms with E-state index < -0.39 is 0 Å². The first-order valence-electron chi connectivity index (χ1n) is 21.6. The second-order valence-electron chi connectivity index (χ2n) is 16.8. The van der Waals surface area contributed by atoms with Crippen LogP contribution >= 0.6 is 22.7 Å². The van der Waals surface area contributed by atoms with Crippen LogP contribution in [0, 0.1) is 0 Å². The summed E-state index contributed by atoms with van der Waals surface area (Å²) in [5, 5.41) is 7.86. The van der Waals surface area contributed by atoms with E-state index in [0.717, 1.165) is 28.8 Å². The summed E-state index contributed by atoms with van der Waals surface area (Å²) in [6.07, 6.45) is 0.891. The summed E-state index contributed by atoms with van der Waals surface area (Å²) in [5.74, 6) is 1.99. The molecule has 0 spiro atoms. The molecule has 0 saturated heterocycles. The lowest BCUT2D eigenvalue weighted by Crippen LogP contribution is -2.00. The molecule has 4 aromatic heterocycles. The number of fused-ring (bicyclic) bond motifs is 12. The van der Waals surface area contributed by atoms with Crippen LogP contribution in [-0.4, -0.2) is 19.5 Å². The quantitative estimate of drug-likeness (QED) is 0.173. The molecular weight excluding hydrogens is 817 g/mol. The van der Waals surface area contributed by atoms with E-state index in [-0.39, 0.29) is 0 Å². The van der Waals surface area contributed by atoms with Crippen molar-refractivity contribution in [3.8, 4) is 62.1 Å². The van der Waals surface area contributed by atoms with E-state index >= 15 is 0 Å². The van der Waals surface area contributed by atoms with Gasteiger partial charge in [-0.3, -0.25) is 0 Å². The predicted octanol–water partition coefficient (Wildman–Crippen LogP) is 15.9. The van der Waals surface area contributed by atoms with E-state index in [1.807, 2.05) is 59.1 Å². The average Bonchev–Trinajstić information content (AvgIpc) is 4.11. The van der Waals surface area contributed by atoms with E-state index in [9.17, 15) is 0 Å². The Morgan fingerprint density at radius 3 is 1.58 bits per heavy atom. The van der Waals surface area contributed by atoms with Crippen LogP contribution in [0.1, 0.15) is 11.1 Å². The fourth-order valence-electron chi connectivity index (χ4n) is 9.98. The Bertz CT molecular complexity index is 3990. The minimum absolute atomic E-state index is 0.663. The van der Waals surface area contributed by atoms with Crippen molar-refractivity contribution in [3.63, 3.8) is 0 Å². The number of hydrogen-bond donors (Lipinski definition) is 0. The number of nitrogens with zero attached hydrogens (tertiary/aromatic N) is 4. The summed E-state index contributed by atoms with van der Waals surface area (Å²) in [6.45, 7) is 0. The number of hydrogen-bond acceptors (Lipinski definition) is 5. The third-order valence-electron chi connectivity index (χ3n) is 13.1. The minimum atomic E-state index is 0.663. The maximum Gasteiger partial charge on any atom is 0.164 e. The van der Waals surface area contributed by atoms with Gasteiger partial charge in [0.25, 0.3) is 0 Å². The van der Waals surface area contributed by atoms with Gasteiger partial charge in [0.15, 0.2) is 17.5 Å². The first-order valence-corrected chi connectivity index (χ1v) is 23.3. The molecule has 6 heteroatoms. The van der Waals surface area contributed by atoms with Gasteiger partial charge in [-0.25, -0.2) is 15.0 Å². The molecular formula is C58H34N4S2. The van der Waals surface area contributed by atoms with E-state index in [0.29, 0.717) is 17.5 Å². The van der Waals surface area contributed by atoms with Gasteiger partial charge in [0.1, 0.15) is 0 Å². The Morgan fingerprint density at radius 2 is 0.844 bits per heavy atom. The molecule has 14 rings (SSSR count). The van der Waals surface area contributed by atoms with Gasteiger partial charge in [-0.05, 0) is 107 Å². The van der Waals surface area contributed by atoms with E-state index in [1.165, 1.54) is 95.5 Å². The lowest BCUT2D eigenvalue weighted by Gasteiger charge is -2.12. The Morgan fingerprint density at radius 1 is 0.328 bits per heavy atom. The molecule has 64 heavy (non-hydrogen) atoms. The Kier molecular flexibility index (Phi) is 7.75. The van der Waals surface area contributed by atoms with Crippen LogP contribution in [0.25, 0.3) is 124 Å². The van der Waals surface area contributed by atoms with Crippen molar-refractivity contribution in [2.24, 2.45) is 0 Å². The largest absolute Gasteiger partial charge is 0.309 e. The first-order chi connectivity index (χ1) is 31.7. The average molecular weight is 851 g/mol. The molecule has 9 aromatic carbocycles. The molecule has 4 heterocycles. The van der Waals surface area contributed by atoms with Gasteiger partial charge in [0, 0.05) is 73.5 Å². The molecule has 1 aliphatic carbocycles. The van der Waals surface area contributed by atoms with Crippen molar-refractivity contribution < 1.29 is 0 Å². The maximum absolute atomic E-state index is 5.05. The van der Waals surface area contributed by atoms with Crippen molar-refractivity contribution in [2.45, 2.75) is 6.42 Å². The molecule has 0 unspecified atom stereocenters. The van der Waals surface area contributed by atoms with Crippen molar-refractivity contribution in [1.82, 2.24) is 19.5 Å². The van der Waals surface area contributed by atoms with Gasteiger partial charge < -0.3 is 4.57 Å². The fourth-order valence-corrected chi connectivity index (χ4v) is 12.2. The predicted molar refractivity (Wildman–Crippen MR) is 270 cm³/mol. The highest BCUT2D eigenvalue weighted by molar-refractivity contribution is 7.27. The van der Waals surface area contributed by atoms with Crippen LogP contribution in [0.5, 0.6) is 0 Å². The standard InChI is InChI=1S/C58H34N4S2/c1-3-11-34(12-4-1)56-59-57(35-13-5-2-6-14-35)61-58(60-56)40-20-19-38-27-39-21-24-41(31-45(39)44(38)30-40)62-50-17-9-7-15-42(50)46-28-36(22-25-51(46)62)37-23-26-53-47(29-37)49-33-54-48(32-55(49)64-53)43-16-8-10-18-52(43)63-54/h1-26,28-33H,27H2. The van der Waals surface area contributed by atoms with Crippen molar-refractivity contribution in [2.75, 3.05) is 0 Å². The molecule has 0 atom stereocenters. The SMILES string of the molecule is c1ccc(-c2nc(-c3ccccc3)nc(-c3ccc4c(c3)-c3cc(-n5c6ccccc6c6cc(-c7ccc8sc9cc%10c(cc9c8c7)sc7ccccc7%10)ccc65)ccc3C4)n2)cc1. The van der Waals surface area contributed by atoms with Crippen LogP contribution in [0.2, 0.25) is 0 Å². The molecule has 298 valence electrons. The van der Waals surface area contributed by atoms with Crippen molar-refractivity contribution >= 4 is 84.8 Å². The normalized spacial score (nSPS) is 12.3. The van der Waals surface area contributed by atoms with Gasteiger partial charge in [-0.1, -0.05) is 127 Å². The smallest absolute Gasteiger partial charge is 0.164 e. The molecule has 13 aromatic rings. The maximum atomic E-state index is 5.05. The van der Waals surface area contributed by atoms with E-state index in [4.69, 9.17) is 15.0 Å². The fraction of sp³-hybridized carbons (Fsp3) is 0.0172. The van der Waals surface area contributed by atoms with Crippen LogP contribution in [0.3, 0.4) is 0 Å². The van der Waals surface area contributed by atoms with Crippen LogP contribution in [-0.2, 0) is 6.42 Å². The Balaban J connectivity index is 0.868. The minimum Gasteiger partial charge on any atom is -0.309 e. The van der Waals surface area contributed by atoms with Crippen molar-refractivity contribution in [3.05, 3.63) is 205 Å². The summed E-state index contributed by atoms with van der Waals surface area (Å²) in [7, 11) is 0. The van der Waals surface area contributed by atoms with Crippen LogP contribution < -0.4 is 0 Å². The Hall–Kier alpha value is -7.77. The van der Waals surface area contributed by atoms with E-state index in [2.05, 4.69) is 162 Å². The van der Waals surface area contributed by atoms with Gasteiger partial charge in [0.05, 0.1) is 11.0 Å². The lowest BCUT2D eigenvalue weighted by atomic mass is 10.0. The summed E-state index contributed by atoms with van der Waals surface area (Å²) < 4.78 is 7.80. The zero-order valence-electron chi connectivity index (χ0n) is 34.3. The van der Waals surface area contributed by atoms with Gasteiger partial charge in [-0.2, -0.15) is 0 Å². The van der Waals surface area contributed by atoms with Gasteiger partial charge in [0.2, 0.25) is 0 Å². The van der Waals surface area contributed by atoms with Gasteiger partial charge >= 0.3 is 0 Å². The van der Waals surface area contributed by atoms with E-state index in [1.54, 1.807) is 0 Å². The number of thiophene rings is 2. The van der Waals surface area contributed by atoms with Crippen LogP contribution in [0.15, 0.2) is 194 Å². The highest BCUT2D eigenvalue weighted by Gasteiger charge is 2.23. The molecule has 0 fully saturated rings. The number of para-hydroxylation sites is 1. The summed E-state index contributed by atoms with van der Waals surface area (Å²) >= 11 is 3.78. The zero-order chi connectivity index (χ0) is 41.9. The number of benzene rings is 9. The molecule has 0 radical (unpaired) electrons.